The van der Waals surface area contributed by atoms with Gasteiger partial charge in [0.1, 0.15) is 0 Å². The fourth-order valence-electron chi connectivity index (χ4n) is 4.47. The van der Waals surface area contributed by atoms with Gasteiger partial charge in [0.15, 0.2) is 0 Å². The maximum atomic E-state index is 2.38. The van der Waals surface area contributed by atoms with Crippen LogP contribution in [-0.4, -0.2) is 10.7 Å². The van der Waals surface area contributed by atoms with Crippen LogP contribution in [0.3, 0.4) is 0 Å². The van der Waals surface area contributed by atoms with Gasteiger partial charge in [-0.25, -0.2) is 0 Å². The fourth-order valence-corrected chi connectivity index (χ4v) is 4.47. The molecule has 1 rings (SSSR count). The Kier molecular flexibility index (Phi) is 5.76. The fraction of sp³-hybridized carbons (Fsp3) is 0.765. The lowest BCUT2D eigenvalue weighted by Crippen LogP contribution is -2.53. The maximum Gasteiger partial charge on any atom is 0.0474 e. The Balaban J connectivity index is 3.20. The van der Waals surface area contributed by atoms with E-state index in [2.05, 4.69) is 71.5 Å². The second-order valence-corrected chi connectivity index (χ2v) is 7.91. The summed E-state index contributed by atoms with van der Waals surface area (Å²) >= 11 is 0. The highest BCUT2D eigenvalue weighted by Crippen LogP contribution is 2.31. The van der Waals surface area contributed by atoms with Crippen LogP contribution >= 0.6 is 0 Å². The molecule has 0 radical (unpaired) electrons. The minimum atomic E-state index is -0.438. The topological polar surface area (TPSA) is 4.93 Å². The molecule has 0 bridgehead atoms. The molecule has 110 valence electrons. The van der Waals surface area contributed by atoms with Crippen LogP contribution in [0, 0.1) is 17.8 Å². The largest absolute Gasteiger partial charge is 0.392 e. The highest BCUT2D eigenvalue weighted by atomic mass is 14.9. The summed E-state index contributed by atoms with van der Waals surface area (Å²) < 4.78 is 2.37. The van der Waals surface area contributed by atoms with Crippen LogP contribution in [0.1, 0.15) is 41.5 Å². The van der Waals surface area contributed by atoms with Crippen molar-refractivity contribution in [2.45, 2.75) is 60.5 Å². The molecule has 0 aliphatic carbocycles. The van der Waals surface area contributed by atoms with Crippen molar-refractivity contribution >= 4 is 11.7 Å². The lowest BCUT2D eigenvalue weighted by atomic mass is 9.15. The van der Waals surface area contributed by atoms with Gasteiger partial charge in [0.2, 0.25) is 0 Å². The van der Waals surface area contributed by atoms with Crippen molar-refractivity contribution < 1.29 is 0 Å². The van der Waals surface area contributed by atoms with E-state index >= 15 is 0 Å². The van der Waals surface area contributed by atoms with Crippen molar-refractivity contribution in [1.29, 1.82) is 0 Å². The van der Waals surface area contributed by atoms with Crippen LogP contribution in [0.2, 0.25) is 19.0 Å². The highest BCUT2D eigenvalue weighted by molar-refractivity contribution is 6.91. The molecule has 19 heavy (non-hydrogen) atoms. The normalized spacial score (nSPS) is 12.9. The first-order valence-electron chi connectivity index (χ1n) is 8.09. The zero-order chi connectivity index (χ0) is 14.6. The lowest BCUT2D eigenvalue weighted by molar-refractivity contribution is 0.647. The third-order valence-corrected chi connectivity index (χ3v) is 4.38. The molecular weight excluding hydrogens is 229 g/mol. The molecule has 0 aliphatic heterocycles. The molecule has 0 amide bonds. The third-order valence-electron chi connectivity index (χ3n) is 4.38. The summed E-state index contributed by atoms with van der Waals surface area (Å²) in [7, 11) is 2.22. The molecule has 0 unspecified atom stereocenters. The van der Waals surface area contributed by atoms with Gasteiger partial charge >= 0.3 is 0 Å². The Hall–Kier alpha value is -0.655. The van der Waals surface area contributed by atoms with Crippen LogP contribution in [0.5, 0.6) is 0 Å². The van der Waals surface area contributed by atoms with Crippen LogP contribution < -0.4 is 5.59 Å². The van der Waals surface area contributed by atoms with Crippen LogP contribution in [0.25, 0.3) is 0 Å². The summed E-state index contributed by atoms with van der Waals surface area (Å²) in [6.45, 7) is 14.3. The van der Waals surface area contributed by atoms with Gasteiger partial charge in [-0.05, 0) is 12.3 Å². The number of hydrogen-bond donors (Lipinski definition) is 0. The van der Waals surface area contributed by atoms with Crippen molar-refractivity contribution in [3.8, 4) is 0 Å². The first-order chi connectivity index (χ1) is 8.77. The van der Waals surface area contributed by atoms with Gasteiger partial charge in [-0.3, -0.25) is 0 Å². The Labute approximate surface area is 120 Å². The number of rotatable bonds is 7. The predicted octanol–water partition coefficient (Wildman–Crippen LogP) is 4.65. The van der Waals surface area contributed by atoms with Crippen molar-refractivity contribution in [2.24, 2.45) is 24.8 Å². The Morgan fingerprint density at radius 2 is 1.32 bits per heavy atom. The Bertz CT molecular complexity index is 350. The van der Waals surface area contributed by atoms with E-state index in [1.807, 2.05) is 0 Å². The van der Waals surface area contributed by atoms with Gasteiger partial charge in [0, 0.05) is 13.2 Å². The minimum absolute atomic E-state index is 0.438. The SMILES string of the molecule is CC(C)C[B-](CC(C)C)(CC(C)C)c1cccn1C. The number of nitrogens with zero attached hydrogens (tertiary/aromatic N) is 1. The van der Waals surface area contributed by atoms with Crippen LogP contribution in [-0.2, 0) is 7.05 Å². The lowest BCUT2D eigenvalue weighted by Gasteiger charge is -2.45. The molecule has 1 nitrogen and oxygen atoms in total. The zero-order valence-corrected chi connectivity index (χ0v) is 14.1. The van der Waals surface area contributed by atoms with Gasteiger partial charge in [-0.15, -0.1) is 5.59 Å². The zero-order valence-electron chi connectivity index (χ0n) is 14.1. The maximum absolute atomic E-state index is 2.38. The average Bonchev–Trinajstić information content (AvgIpc) is 2.61. The van der Waals surface area contributed by atoms with E-state index in [1.165, 1.54) is 19.0 Å². The molecule has 0 saturated heterocycles. The summed E-state index contributed by atoms with van der Waals surface area (Å²) in [4.78, 5) is 0. The molecule has 0 N–H and O–H groups in total. The van der Waals surface area contributed by atoms with E-state index in [9.17, 15) is 0 Å². The molecule has 2 heteroatoms. The first kappa shape index (κ1) is 16.4. The van der Waals surface area contributed by atoms with E-state index in [0.29, 0.717) is 0 Å². The average molecular weight is 262 g/mol. The van der Waals surface area contributed by atoms with Crippen molar-refractivity contribution in [2.75, 3.05) is 0 Å². The van der Waals surface area contributed by atoms with Crippen LogP contribution in [0.4, 0.5) is 0 Å². The summed E-state index contributed by atoms with van der Waals surface area (Å²) in [5.74, 6) is 2.31. The van der Waals surface area contributed by atoms with Gasteiger partial charge in [-0.1, -0.05) is 65.4 Å². The van der Waals surface area contributed by atoms with E-state index in [-0.39, 0.29) is 0 Å². The van der Waals surface area contributed by atoms with Gasteiger partial charge in [0.05, 0.1) is 0 Å². The number of aryl methyl sites for hydroxylation is 1. The van der Waals surface area contributed by atoms with Crippen molar-refractivity contribution in [3.63, 3.8) is 0 Å². The second kappa shape index (κ2) is 6.68. The first-order valence-corrected chi connectivity index (χ1v) is 8.09. The van der Waals surface area contributed by atoms with E-state index in [4.69, 9.17) is 0 Å². The third kappa shape index (κ3) is 4.44. The summed E-state index contributed by atoms with van der Waals surface area (Å²) in [6.07, 6.45) is 5.84. The van der Waals surface area contributed by atoms with E-state index < -0.39 is 6.15 Å². The standard InChI is InChI=1S/C17H33BN/c1-14(2)11-18(12-15(3)4,13-16(5)6)17-9-8-10-19(17)7/h8-10,14-16H,11-13H2,1-7H3/q-1. The van der Waals surface area contributed by atoms with Crippen molar-refractivity contribution in [3.05, 3.63) is 18.3 Å². The van der Waals surface area contributed by atoms with Crippen LogP contribution in [0.15, 0.2) is 18.3 Å². The monoisotopic (exact) mass is 262 g/mol. The van der Waals surface area contributed by atoms with E-state index in [0.717, 1.165) is 17.8 Å². The van der Waals surface area contributed by atoms with Crippen molar-refractivity contribution in [1.82, 2.24) is 4.57 Å². The predicted molar refractivity (Wildman–Crippen MR) is 89.7 cm³/mol. The number of aromatic nitrogens is 1. The molecule has 1 aromatic heterocycles. The summed E-state index contributed by atoms with van der Waals surface area (Å²) in [6, 6.07) is 4.58. The number of hydrogen-bond acceptors (Lipinski definition) is 0. The second-order valence-electron chi connectivity index (χ2n) is 7.91. The van der Waals surface area contributed by atoms with Gasteiger partial charge in [-0.2, -0.15) is 19.0 Å². The Morgan fingerprint density at radius 1 is 0.895 bits per heavy atom. The molecule has 0 aromatic carbocycles. The molecular formula is C17H33BN-. The summed E-state index contributed by atoms with van der Waals surface area (Å²) in [5, 5.41) is 0. The van der Waals surface area contributed by atoms with Gasteiger partial charge < -0.3 is 4.57 Å². The Morgan fingerprint density at radius 3 is 1.58 bits per heavy atom. The van der Waals surface area contributed by atoms with Gasteiger partial charge in [0.25, 0.3) is 0 Å². The molecule has 0 fully saturated rings. The molecule has 0 aliphatic rings. The molecule has 0 spiro atoms. The smallest absolute Gasteiger partial charge is 0.0474 e. The molecule has 1 heterocycles. The molecule has 0 atom stereocenters. The minimum Gasteiger partial charge on any atom is -0.392 e. The quantitative estimate of drug-likeness (QED) is 0.630. The summed E-state index contributed by atoms with van der Waals surface area (Å²) in [5.41, 5.74) is 1.59. The van der Waals surface area contributed by atoms with E-state index in [1.54, 1.807) is 5.59 Å². The highest BCUT2D eigenvalue weighted by Gasteiger charge is 2.30. The molecule has 0 saturated carbocycles. The molecule has 1 aromatic rings.